The number of hydrazone groups is 1. The van der Waals surface area contributed by atoms with Gasteiger partial charge < -0.3 is 4.42 Å². The maximum absolute atomic E-state index is 13.5. The van der Waals surface area contributed by atoms with Crippen LogP contribution < -0.4 is 5.01 Å². The number of carbonyl (C=O) groups is 1. The minimum atomic E-state index is -4.80. The number of rotatable bonds is 3. The predicted molar refractivity (Wildman–Crippen MR) is 105 cm³/mol. The van der Waals surface area contributed by atoms with Crippen molar-refractivity contribution >= 4 is 35.0 Å². The van der Waals surface area contributed by atoms with Crippen LogP contribution >= 0.6 is 11.6 Å². The molecule has 8 heteroatoms. The molecule has 0 bridgehead atoms. The van der Waals surface area contributed by atoms with E-state index in [1.165, 1.54) is 18.2 Å². The molecule has 1 aliphatic rings. The smallest absolute Gasteiger partial charge is 0.435 e. The summed E-state index contributed by atoms with van der Waals surface area (Å²) in [4.78, 5) is 12.7. The lowest BCUT2D eigenvalue weighted by Gasteiger charge is -2.10. The van der Waals surface area contributed by atoms with Crippen LogP contribution in [0.15, 0.2) is 81.8 Å². The van der Waals surface area contributed by atoms with Crippen molar-refractivity contribution in [3.63, 3.8) is 0 Å². The first-order valence-corrected chi connectivity index (χ1v) is 8.84. The van der Waals surface area contributed by atoms with E-state index in [0.29, 0.717) is 16.3 Å². The maximum atomic E-state index is 13.5. The van der Waals surface area contributed by atoms with Crippen LogP contribution in [0.5, 0.6) is 0 Å². The van der Waals surface area contributed by atoms with Crippen LogP contribution in [-0.4, -0.2) is 17.8 Å². The minimum absolute atomic E-state index is 0.0928. The zero-order valence-electron chi connectivity index (χ0n) is 14.7. The fourth-order valence-electron chi connectivity index (χ4n) is 2.87. The monoisotopic (exact) mass is 416 g/mol. The number of hydrogen-bond donors (Lipinski definition) is 0. The van der Waals surface area contributed by atoms with Crippen LogP contribution in [0.2, 0.25) is 5.02 Å². The summed E-state index contributed by atoms with van der Waals surface area (Å²) >= 11 is 5.96. The summed E-state index contributed by atoms with van der Waals surface area (Å²) < 4.78 is 46.1. The molecule has 2 aromatic carbocycles. The van der Waals surface area contributed by atoms with E-state index >= 15 is 0 Å². The Morgan fingerprint density at radius 3 is 2.45 bits per heavy atom. The van der Waals surface area contributed by atoms with Gasteiger partial charge >= 0.3 is 6.18 Å². The van der Waals surface area contributed by atoms with Gasteiger partial charge in [0.25, 0.3) is 5.91 Å². The first kappa shape index (κ1) is 19.0. The van der Waals surface area contributed by atoms with Crippen LogP contribution in [0, 0.1) is 0 Å². The van der Waals surface area contributed by atoms with Crippen molar-refractivity contribution in [1.82, 2.24) is 0 Å². The van der Waals surface area contributed by atoms with Gasteiger partial charge in [0.1, 0.15) is 11.5 Å². The van der Waals surface area contributed by atoms with E-state index in [4.69, 9.17) is 16.0 Å². The molecule has 4 rings (SSSR count). The highest BCUT2D eigenvalue weighted by atomic mass is 35.5. The highest BCUT2D eigenvalue weighted by molar-refractivity contribution is 6.34. The summed E-state index contributed by atoms with van der Waals surface area (Å²) in [6, 6.07) is 17.8. The molecule has 0 aliphatic carbocycles. The second-order valence-corrected chi connectivity index (χ2v) is 6.61. The van der Waals surface area contributed by atoms with Crippen LogP contribution in [0.1, 0.15) is 5.76 Å². The fourth-order valence-corrected chi connectivity index (χ4v) is 3.06. The van der Waals surface area contributed by atoms with Gasteiger partial charge in [-0.1, -0.05) is 41.9 Å². The number of alkyl halides is 3. The van der Waals surface area contributed by atoms with Crippen molar-refractivity contribution in [3.8, 4) is 11.3 Å². The first-order chi connectivity index (χ1) is 13.8. The third-order valence-electron chi connectivity index (χ3n) is 4.17. The molecule has 3 aromatic rings. The van der Waals surface area contributed by atoms with Gasteiger partial charge in [0.2, 0.25) is 0 Å². The van der Waals surface area contributed by atoms with Crippen molar-refractivity contribution in [2.24, 2.45) is 5.10 Å². The molecule has 0 fully saturated rings. The first-order valence-electron chi connectivity index (χ1n) is 8.46. The van der Waals surface area contributed by atoms with Crippen molar-refractivity contribution in [3.05, 3.63) is 83.1 Å². The quantitative estimate of drug-likeness (QED) is 0.495. The van der Waals surface area contributed by atoms with Crippen molar-refractivity contribution < 1.29 is 22.4 Å². The zero-order chi connectivity index (χ0) is 20.6. The van der Waals surface area contributed by atoms with E-state index in [-0.39, 0.29) is 11.4 Å². The number of nitrogens with zero attached hydrogens (tertiary/aromatic N) is 2. The number of para-hydroxylation sites is 1. The van der Waals surface area contributed by atoms with E-state index in [1.807, 2.05) is 0 Å². The molecular weight excluding hydrogens is 405 g/mol. The van der Waals surface area contributed by atoms with Gasteiger partial charge in [-0.2, -0.15) is 23.3 Å². The van der Waals surface area contributed by atoms with Gasteiger partial charge in [-0.05, 0) is 42.5 Å². The molecule has 2 heterocycles. The van der Waals surface area contributed by atoms with E-state index in [2.05, 4.69) is 5.10 Å². The lowest BCUT2D eigenvalue weighted by Crippen LogP contribution is -2.25. The Morgan fingerprint density at radius 1 is 1.00 bits per heavy atom. The topological polar surface area (TPSA) is 45.8 Å². The molecule has 0 unspecified atom stereocenters. The molecule has 29 heavy (non-hydrogen) atoms. The van der Waals surface area contributed by atoms with E-state index in [1.54, 1.807) is 48.5 Å². The molecule has 1 aromatic heterocycles. The molecule has 0 saturated carbocycles. The second-order valence-electron chi connectivity index (χ2n) is 6.17. The molecule has 4 nitrogen and oxygen atoms in total. The zero-order valence-corrected chi connectivity index (χ0v) is 15.4. The highest BCUT2D eigenvalue weighted by Crippen LogP contribution is 2.33. The van der Waals surface area contributed by atoms with Gasteiger partial charge in [0.15, 0.2) is 5.71 Å². The number of hydrogen-bond acceptors (Lipinski definition) is 3. The average molecular weight is 417 g/mol. The maximum Gasteiger partial charge on any atom is 0.435 e. The van der Waals surface area contributed by atoms with E-state index in [9.17, 15) is 18.0 Å². The van der Waals surface area contributed by atoms with Gasteiger partial charge in [0.05, 0.1) is 11.3 Å². The predicted octanol–water partition coefficient (Wildman–Crippen LogP) is 5.95. The summed E-state index contributed by atoms with van der Waals surface area (Å²) in [5.41, 5.74) is -0.961. The van der Waals surface area contributed by atoms with Gasteiger partial charge in [-0.15, -0.1) is 0 Å². The summed E-state index contributed by atoms with van der Waals surface area (Å²) in [5, 5.41) is 4.74. The molecule has 146 valence electrons. The van der Waals surface area contributed by atoms with Crippen LogP contribution in [0.25, 0.3) is 17.4 Å². The molecule has 0 atom stereocenters. The Bertz CT molecular complexity index is 1130. The number of benzene rings is 2. The number of furan rings is 1. The summed E-state index contributed by atoms with van der Waals surface area (Å²) in [6.07, 6.45) is -3.75. The van der Waals surface area contributed by atoms with Crippen molar-refractivity contribution in [2.75, 3.05) is 5.01 Å². The van der Waals surface area contributed by atoms with Gasteiger partial charge in [-0.3, -0.25) is 4.79 Å². The van der Waals surface area contributed by atoms with Gasteiger partial charge in [0, 0.05) is 10.6 Å². The Labute approximate surface area is 168 Å². The fraction of sp³-hybridized carbons (Fsp3) is 0.0476. The minimum Gasteiger partial charge on any atom is -0.457 e. The molecule has 1 aliphatic heterocycles. The summed E-state index contributed by atoms with van der Waals surface area (Å²) in [6.45, 7) is 0. The number of amides is 1. The Balaban J connectivity index is 1.72. The summed E-state index contributed by atoms with van der Waals surface area (Å²) in [7, 11) is 0. The summed E-state index contributed by atoms with van der Waals surface area (Å²) in [5.74, 6) is -0.380. The second kappa shape index (κ2) is 7.25. The van der Waals surface area contributed by atoms with Crippen molar-refractivity contribution in [2.45, 2.75) is 6.18 Å². The van der Waals surface area contributed by atoms with Crippen molar-refractivity contribution in [1.29, 1.82) is 0 Å². The molecular formula is C21H12ClF3N2O2. The normalized spacial score (nSPS) is 15.9. The third kappa shape index (κ3) is 3.82. The third-order valence-corrected chi connectivity index (χ3v) is 4.40. The Hall–Kier alpha value is -3.32. The lowest BCUT2D eigenvalue weighted by atomic mass is 10.1. The SMILES string of the molecule is O=C1/C(=C\c2ccc(-c3cccc(Cl)c3)o2)C(C(F)(F)F)=NN1c1ccccc1. The molecule has 0 spiro atoms. The van der Waals surface area contributed by atoms with Crippen LogP contribution in [-0.2, 0) is 4.79 Å². The molecule has 0 radical (unpaired) electrons. The largest absolute Gasteiger partial charge is 0.457 e. The molecule has 0 saturated heterocycles. The number of anilines is 1. The Morgan fingerprint density at radius 2 is 1.76 bits per heavy atom. The average Bonchev–Trinajstić information content (AvgIpc) is 3.28. The van der Waals surface area contributed by atoms with Crippen LogP contribution in [0.3, 0.4) is 0 Å². The van der Waals surface area contributed by atoms with E-state index < -0.39 is 23.4 Å². The lowest BCUT2D eigenvalue weighted by molar-refractivity contribution is -0.114. The standard InChI is InChI=1S/C21H12ClF3N2O2/c22-14-6-4-5-13(11-14)18-10-9-16(29-18)12-17-19(21(23,24)25)26-27(20(17)28)15-7-2-1-3-8-15/h1-12H/b17-12-. The van der Waals surface area contributed by atoms with Gasteiger partial charge in [-0.25, -0.2) is 0 Å². The van der Waals surface area contributed by atoms with E-state index in [0.717, 1.165) is 11.1 Å². The number of carbonyl (C=O) groups excluding carboxylic acids is 1. The highest BCUT2D eigenvalue weighted by Gasteiger charge is 2.47. The number of halogens is 4. The van der Waals surface area contributed by atoms with Crippen LogP contribution in [0.4, 0.5) is 18.9 Å². The molecule has 0 N–H and O–H groups in total. The molecule has 1 amide bonds. The Kier molecular flexibility index (Phi) is 4.76.